The van der Waals surface area contributed by atoms with Gasteiger partial charge in [0, 0.05) is 155 Å². The Hall–Kier alpha value is -13.1. The highest BCUT2D eigenvalue weighted by Crippen LogP contribution is 2.31. The van der Waals surface area contributed by atoms with Crippen molar-refractivity contribution in [3.8, 4) is 22.7 Å². The number of amides is 4. The number of hydrogen-bond acceptors (Lipinski definition) is 21. The number of carbonyl (C=O) groups is 4. The number of carbonyl (C=O) groups excluding carboxylic acids is 4. The number of aromatic nitrogens is 19. The molecule has 0 bridgehead atoms. The molecule has 8 heterocycles. The summed E-state index contributed by atoms with van der Waals surface area (Å²) in [5, 5.41) is 33.4. The molecule has 0 saturated heterocycles. The molecule has 8 aromatic heterocycles. The van der Waals surface area contributed by atoms with E-state index in [1.54, 1.807) is 82.3 Å². The van der Waals surface area contributed by atoms with Crippen molar-refractivity contribution in [2.75, 3.05) is 63.2 Å². The molecule has 4 atom stereocenters. The van der Waals surface area contributed by atoms with Gasteiger partial charge in [0.25, 0.3) is 41.4 Å². The standard InChI is InChI=1S/C22H27F2N7O.2C22H26F2N6O.C22H28N6O/c1-6-30(16(3)14-29(5)21-25-12-17(13-26-21)22(4,23)24)20(32)18-11-15(2)7-8-19(18)31-27-9-10-28-31;1-5-29(16(3)7-9-20-25-13-17(14-26-20)22(4,23)24)21(31)18-12-15(2)6-8-19(18)30-27-10-11-28-30;1-5-29(16(3)7-9-20-25-13-17(14-26-20)22(4,23)24)21(31)18-8-6-15(2)12-19(18)30-27-10-11-28-30;1-6-27(18(4)15-26(5)21-10-8-17(3)14-23-21)22(29)19-13-16(2)7-9-20(19)28-24-11-12-25-28/h7-13,16H,6,14H2,1-5H3;2*6,8,10-14,16H,5,7,9H2,1-4H3;7-14,18H,6,15H2,1-5H3/t3*16-;18-/m0000/s1. The Morgan fingerprint density at radius 2 is 0.626 bits per heavy atom. The first-order chi connectivity index (χ1) is 58.4. The highest BCUT2D eigenvalue weighted by atomic mass is 19.3. The van der Waals surface area contributed by atoms with E-state index in [1.165, 1.54) is 19.2 Å². The summed E-state index contributed by atoms with van der Waals surface area (Å²) >= 11 is 0. The lowest BCUT2D eigenvalue weighted by Crippen LogP contribution is -2.45. The predicted octanol–water partition coefficient (Wildman–Crippen LogP) is 14.7. The van der Waals surface area contributed by atoms with Crippen molar-refractivity contribution in [1.82, 2.24) is 114 Å². The molecule has 0 saturated carbocycles. The Balaban J connectivity index is 0.000000186. The van der Waals surface area contributed by atoms with Gasteiger partial charge in [0.15, 0.2) is 0 Å². The van der Waals surface area contributed by atoms with Gasteiger partial charge in [-0.3, -0.25) is 19.2 Å². The van der Waals surface area contributed by atoms with E-state index in [2.05, 4.69) is 87.5 Å². The Labute approximate surface area is 712 Å². The van der Waals surface area contributed by atoms with E-state index >= 15 is 0 Å². The van der Waals surface area contributed by atoms with Crippen molar-refractivity contribution in [3.63, 3.8) is 0 Å². The third-order valence-electron chi connectivity index (χ3n) is 20.4. The van der Waals surface area contributed by atoms with Gasteiger partial charge in [0.05, 0.1) is 111 Å². The molecule has 4 aromatic carbocycles. The zero-order valence-corrected chi connectivity index (χ0v) is 72.7. The van der Waals surface area contributed by atoms with Crippen LogP contribution in [-0.2, 0) is 30.6 Å². The molecule has 0 unspecified atom stereocenters. The van der Waals surface area contributed by atoms with Crippen LogP contribution in [0.3, 0.4) is 0 Å². The van der Waals surface area contributed by atoms with E-state index in [4.69, 9.17) is 0 Å². The van der Waals surface area contributed by atoms with Gasteiger partial charge in [0.2, 0.25) is 5.95 Å². The fraction of sp³-hybridized carbons (Fsp3) is 0.398. The van der Waals surface area contributed by atoms with E-state index in [9.17, 15) is 45.5 Å². The number of alkyl halides is 6. The van der Waals surface area contributed by atoms with Crippen LogP contribution in [0.5, 0.6) is 0 Å². The topological polar surface area (TPSA) is 301 Å². The molecule has 0 N–H and O–H groups in total. The van der Waals surface area contributed by atoms with Crippen LogP contribution >= 0.6 is 0 Å². The summed E-state index contributed by atoms with van der Waals surface area (Å²) in [5.41, 5.74) is 9.06. The summed E-state index contributed by atoms with van der Waals surface area (Å²) in [7, 11) is 3.76. The Kier molecular flexibility index (Phi) is 32.3. The summed E-state index contributed by atoms with van der Waals surface area (Å²) < 4.78 is 80.1. The second-order valence-corrected chi connectivity index (χ2v) is 30.4. The zero-order valence-electron chi connectivity index (χ0n) is 72.7. The second kappa shape index (κ2) is 42.4. The number of benzene rings is 4. The SMILES string of the molecule is CCN(C(=O)c1cc(C)ccc1-n1nccn1)[C@@H](C)CCc1ncc(C(C)(F)F)cn1.CCN(C(=O)c1cc(C)ccc1-n1nccn1)[C@@H](C)CN(C)c1ccc(C)cn1.CCN(C(=O)c1cc(C)ccc1-n1nccn1)[C@@H](C)CN(C)c1ncc(C(C)(F)F)cn1.CCN(C(=O)c1ccc(C)cc1-n1nccn1)[C@@H](C)CCc1ncc(C(C)(F)F)cn1. The highest BCUT2D eigenvalue weighted by Gasteiger charge is 2.33. The molecule has 0 spiro atoms. The largest absolute Gasteiger partial charge is 0.358 e. The average Bonchev–Trinajstić information content (AvgIpc) is 1.80. The zero-order chi connectivity index (χ0) is 89.6. The number of nitrogens with zero attached hydrogens (tertiary/aromatic N) is 25. The van der Waals surface area contributed by atoms with Gasteiger partial charge in [-0.1, -0.05) is 47.0 Å². The van der Waals surface area contributed by atoms with Crippen molar-refractivity contribution in [3.05, 3.63) is 256 Å². The summed E-state index contributed by atoms with van der Waals surface area (Å²) in [4.78, 5) is 99.3. The number of halogens is 6. The molecule has 0 fully saturated rings. The predicted molar refractivity (Wildman–Crippen MR) is 456 cm³/mol. The van der Waals surface area contributed by atoms with Crippen molar-refractivity contribution >= 4 is 35.4 Å². The monoisotopic (exact) mass is 1690 g/mol. The third kappa shape index (κ3) is 25.0. The first-order valence-corrected chi connectivity index (χ1v) is 40.5. The average molecular weight is 1690 g/mol. The maximum atomic E-state index is 13.5. The lowest BCUT2D eigenvalue weighted by molar-refractivity contribution is 0.0160. The minimum absolute atomic E-state index is 0.000420. The molecular weight excluding hydrogens is 1590 g/mol. The lowest BCUT2D eigenvalue weighted by Gasteiger charge is -2.32. The van der Waals surface area contributed by atoms with Crippen LogP contribution in [0.1, 0.15) is 187 Å². The Morgan fingerprint density at radius 3 is 0.943 bits per heavy atom. The number of hydrogen-bond donors (Lipinski definition) is 0. The summed E-state index contributed by atoms with van der Waals surface area (Å²) in [6.45, 7) is 31.1. The molecule has 650 valence electrons. The van der Waals surface area contributed by atoms with Crippen LogP contribution in [0.4, 0.5) is 38.1 Å². The van der Waals surface area contributed by atoms with Gasteiger partial charge in [-0.15, -0.1) is 0 Å². The molecular formula is C88H107F6N25O4. The fourth-order valence-electron chi connectivity index (χ4n) is 13.6. The maximum absolute atomic E-state index is 13.5. The van der Waals surface area contributed by atoms with Crippen molar-refractivity contribution in [2.45, 2.75) is 178 Å². The van der Waals surface area contributed by atoms with Crippen LogP contribution in [-0.4, -0.2) is 216 Å². The smallest absolute Gasteiger partial charge is 0.273 e. The molecule has 29 nitrogen and oxygen atoms in total. The van der Waals surface area contributed by atoms with Crippen LogP contribution in [0.25, 0.3) is 22.7 Å². The van der Waals surface area contributed by atoms with E-state index in [1.807, 2.05) is 180 Å². The molecule has 35 heteroatoms. The van der Waals surface area contributed by atoms with Gasteiger partial charge in [-0.2, -0.15) is 60.0 Å². The first kappa shape index (κ1) is 93.8. The van der Waals surface area contributed by atoms with E-state index in [0.717, 1.165) is 91.6 Å². The van der Waals surface area contributed by atoms with Crippen LogP contribution < -0.4 is 9.80 Å². The van der Waals surface area contributed by atoms with Crippen molar-refractivity contribution in [2.24, 2.45) is 0 Å². The number of rotatable bonds is 31. The van der Waals surface area contributed by atoms with E-state index in [-0.39, 0.29) is 64.5 Å². The van der Waals surface area contributed by atoms with Gasteiger partial charge < -0.3 is 29.4 Å². The lowest BCUT2D eigenvalue weighted by atomic mass is 10.1. The quantitative estimate of drug-likeness (QED) is 0.0365. The number of anilines is 2. The molecule has 12 aromatic rings. The fourth-order valence-corrected chi connectivity index (χ4v) is 13.6. The van der Waals surface area contributed by atoms with E-state index < -0.39 is 17.8 Å². The van der Waals surface area contributed by atoms with Crippen LogP contribution in [0, 0.1) is 34.6 Å². The maximum Gasteiger partial charge on any atom is 0.273 e. The van der Waals surface area contributed by atoms with Crippen molar-refractivity contribution < 1.29 is 45.5 Å². The molecule has 0 radical (unpaired) electrons. The van der Waals surface area contributed by atoms with Crippen molar-refractivity contribution in [1.29, 1.82) is 0 Å². The van der Waals surface area contributed by atoms with Gasteiger partial charge in [-0.05, 0) is 169 Å². The first-order valence-electron chi connectivity index (χ1n) is 40.5. The van der Waals surface area contributed by atoms with Crippen LogP contribution in [0.15, 0.2) is 178 Å². The van der Waals surface area contributed by atoms with E-state index in [0.29, 0.717) is 128 Å². The summed E-state index contributed by atoms with van der Waals surface area (Å²) in [5.74, 6) is -7.19. The van der Waals surface area contributed by atoms with Gasteiger partial charge in [0.1, 0.15) is 17.5 Å². The molecule has 0 aliphatic rings. The second-order valence-electron chi connectivity index (χ2n) is 30.4. The number of pyridine rings is 1. The van der Waals surface area contributed by atoms with Gasteiger partial charge >= 0.3 is 0 Å². The molecule has 0 aliphatic heterocycles. The Morgan fingerprint density at radius 1 is 0.341 bits per heavy atom. The van der Waals surface area contributed by atoms with Crippen LogP contribution in [0.2, 0.25) is 0 Å². The molecule has 123 heavy (non-hydrogen) atoms. The normalized spacial score (nSPS) is 12.4. The minimum Gasteiger partial charge on any atom is -0.358 e. The molecule has 12 rings (SSSR count). The number of likely N-dealkylation sites (N-methyl/N-ethyl adjacent to an activating group) is 4. The number of aryl methyl sites for hydroxylation is 7. The summed E-state index contributed by atoms with van der Waals surface area (Å²) in [6, 6.07) is 26.1. The third-order valence-corrected chi connectivity index (χ3v) is 20.4. The minimum atomic E-state index is -3.00. The van der Waals surface area contributed by atoms with Gasteiger partial charge in [-0.25, -0.2) is 61.2 Å². The molecule has 0 aliphatic carbocycles. The summed E-state index contributed by atoms with van der Waals surface area (Å²) in [6.07, 6.45) is 23.5. The Bertz CT molecular complexity index is 5360. The highest BCUT2D eigenvalue weighted by molar-refractivity contribution is 6.00. The molecule has 4 amide bonds.